The lowest BCUT2D eigenvalue weighted by molar-refractivity contribution is -0.142. The van der Waals surface area contributed by atoms with Crippen LogP contribution in [0.1, 0.15) is 62.2 Å². The van der Waals surface area contributed by atoms with Crippen LogP contribution in [-0.2, 0) is 9.53 Å². The molecule has 3 heterocycles. The maximum absolute atomic E-state index is 12.2. The number of aliphatic hydroxyl groups excluding tert-OH is 1. The fraction of sp³-hybridized carbons (Fsp3) is 0.550. The van der Waals surface area contributed by atoms with E-state index in [9.17, 15) is 9.90 Å². The minimum absolute atomic E-state index is 0.100. The van der Waals surface area contributed by atoms with E-state index in [0.29, 0.717) is 18.6 Å². The van der Waals surface area contributed by atoms with Gasteiger partial charge >= 0.3 is 5.97 Å². The SMILES string of the molecule is C=C(C)[C@@H]1CCC2=C[C@@H](OC2=O)[C@]2(C)C[C@H]2c2cc(C)c(o2)[C@H]1O. The van der Waals surface area contributed by atoms with Crippen LogP contribution in [0.2, 0.25) is 0 Å². The van der Waals surface area contributed by atoms with Crippen molar-refractivity contribution in [3.05, 3.63) is 47.0 Å². The standard InChI is InChI=1S/C20H24O4/c1-10(2)13-6-5-12-8-16(24-19(12)22)20(4)9-14(20)15-7-11(3)18(23-15)17(13)21/h7-8,13-14,16-17,21H,1,5-6,9H2,2-4H3/t13-,14-,16+,17-,20+/m0/s1. The van der Waals surface area contributed by atoms with Gasteiger partial charge in [-0.2, -0.15) is 0 Å². The topological polar surface area (TPSA) is 59.7 Å². The predicted molar refractivity (Wildman–Crippen MR) is 89.4 cm³/mol. The molecule has 5 atom stereocenters. The molecular formula is C20H24O4. The second kappa shape index (κ2) is 5.09. The number of furan rings is 1. The largest absolute Gasteiger partial charge is 0.463 e. The highest BCUT2D eigenvalue weighted by atomic mass is 16.5. The van der Waals surface area contributed by atoms with Crippen LogP contribution in [-0.4, -0.2) is 17.2 Å². The fourth-order valence-corrected chi connectivity index (χ4v) is 4.26. The van der Waals surface area contributed by atoms with Crippen molar-refractivity contribution < 1.29 is 19.1 Å². The molecule has 4 heteroatoms. The van der Waals surface area contributed by atoms with Crippen LogP contribution in [0, 0.1) is 18.3 Å². The molecule has 4 rings (SSSR count). The van der Waals surface area contributed by atoms with Crippen molar-refractivity contribution in [3.8, 4) is 0 Å². The van der Waals surface area contributed by atoms with Gasteiger partial charge in [-0.25, -0.2) is 4.79 Å². The summed E-state index contributed by atoms with van der Waals surface area (Å²) in [5.41, 5.74) is 2.52. The first kappa shape index (κ1) is 15.7. The van der Waals surface area contributed by atoms with Gasteiger partial charge in [0.05, 0.1) is 0 Å². The molecule has 0 amide bonds. The van der Waals surface area contributed by atoms with E-state index in [4.69, 9.17) is 9.15 Å². The van der Waals surface area contributed by atoms with Gasteiger partial charge in [-0.05, 0) is 50.8 Å². The molecule has 0 radical (unpaired) electrons. The Morgan fingerprint density at radius 3 is 2.92 bits per heavy atom. The van der Waals surface area contributed by atoms with Crippen molar-refractivity contribution in [1.82, 2.24) is 0 Å². The van der Waals surface area contributed by atoms with E-state index in [1.54, 1.807) is 0 Å². The molecule has 4 nitrogen and oxygen atoms in total. The lowest BCUT2D eigenvalue weighted by Gasteiger charge is -2.22. The number of carbonyl (C=O) groups excluding carboxylic acids is 1. The number of aliphatic hydroxyl groups is 1. The van der Waals surface area contributed by atoms with Crippen molar-refractivity contribution in [2.24, 2.45) is 11.3 Å². The molecule has 4 bridgehead atoms. The summed E-state index contributed by atoms with van der Waals surface area (Å²) >= 11 is 0. The smallest absolute Gasteiger partial charge is 0.334 e. The lowest BCUT2D eigenvalue weighted by atomic mass is 9.87. The van der Waals surface area contributed by atoms with Crippen molar-refractivity contribution in [2.45, 2.75) is 58.2 Å². The lowest BCUT2D eigenvalue weighted by Crippen LogP contribution is -2.20. The normalized spacial score (nSPS) is 37.7. The first-order valence-corrected chi connectivity index (χ1v) is 8.66. The van der Waals surface area contributed by atoms with Gasteiger partial charge in [0.15, 0.2) is 0 Å². The second-order valence-corrected chi connectivity index (χ2v) is 7.91. The molecule has 1 aromatic heterocycles. The van der Waals surface area contributed by atoms with E-state index in [0.717, 1.165) is 28.9 Å². The Labute approximate surface area is 142 Å². The molecule has 1 aliphatic carbocycles. The average molecular weight is 328 g/mol. The maximum Gasteiger partial charge on any atom is 0.334 e. The Morgan fingerprint density at radius 1 is 1.46 bits per heavy atom. The molecule has 0 unspecified atom stereocenters. The number of carbonyl (C=O) groups is 1. The van der Waals surface area contributed by atoms with E-state index in [1.807, 2.05) is 26.0 Å². The Kier molecular flexibility index (Phi) is 3.33. The van der Waals surface area contributed by atoms with Crippen molar-refractivity contribution in [1.29, 1.82) is 0 Å². The van der Waals surface area contributed by atoms with Gasteiger partial charge in [-0.3, -0.25) is 0 Å². The Balaban J connectivity index is 1.78. The summed E-state index contributed by atoms with van der Waals surface area (Å²) < 4.78 is 11.7. The van der Waals surface area contributed by atoms with Gasteiger partial charge in [0.25, 0.3) is 0 Å². The molecule has 24 heavy (non-hydrogen) atoms. The molecule has 0 aromatic carbocycles. The van der Waals surface area contributed by atoms with Crippen molar-refractivity contribution in [2.75, 3.05) is 0 Å². The summed E-state index contributed by atoms with van der Waals surface area (Å²) in [5, 5.41) is 10.9. The summed E-state index contributed by atoms with van der Waals surface area (Å²) in [6, 6.07) is 2.03. The van der Waals surface area contributed by atoms with Gasteiger partial charge in [-0.15, -0.1) is 0 Å². The molecule has 2 aliphatic heterocycles. The third-order valence-corrected chi connectivity index (χ3v) is 6.10. The zero-order valence-electron chi connectivity index (χ0n) is 14.5. The van der Waals surface area contributed by atoms with Crippen LogP contribution < -0.4 is 0 Å². The fourth-order valence-electron chi connectivity index (χ4n) is 4.26. The molecular weight excluding hydrogens is 304 g/mol. The van der Waals surface area contributed by atoms with Crippen LogP contribution in [0.5, 0.6) is 0 Å². The van der Waals surface area contributed by atoms with Gasteiger partial charge in [0.1, 0.15) is 23.7 Å². The van der Waals surface area contributed by atoms with Gasteiger partial charge < -0.3 is 14.3 Å². The van der Waals surface area contributed by atoms with E-state index < -0.39 is 6.10 Å². The first-order valence-electron chi connectivity index (χ1n) is 8.66. The van der Waals surface area contributed by atoms with Crippen LogP contribution in [0.4, 0.5) is 0 Å². The van der Waals surface area contributed by atoms with Crippen molar-refractivity contribution >= 4 is 5.97 Å². The summed E-state index contributed by atoms with van der Waals surface area (Å²) in [7, 11) is 0. The van der Waals surface area contributed by atoms with Crippen LogP contribution in [0.3, 0.4) is 0 Å². The number of esters is 1. The highest BCUT2D eigenvalue weighted by Crippen LogP contribution is 2.63. The molecule has 3 aliphatic rings. The minimum Gasteiger partial charge on any atom is -0.463 e. The number of rotatable bonds is 1. The summed E-state index contributed by atoms with van der Waals surface area (Å²) in [5.74, 6) is 1.41. The highest BCUT2D eigenvalue weighted by molar-refractivity contribution is 5.91. The maximum atomic E-state index is 12.2. The summed E-state index contributed by atoms with van der Waals surface area (Å²) in [4.78, 5) is 12.2. The van der Waals surface area contributed by atoms with E-state index >= 15 is 0 Å². The second-order valence-electron chi connectivity index (χ2n) is 7.91. The quantitative estimate of drug-likeness (QED) is 0.626. The Bertz CT molecular complexity index is 756. The van der Waals surface area contributed by atoms with Gasteiger partial charge in [-0.1, -0.05) is 19.1 Å². The Hall–Kier alpha value is -1.81. The van der Waals surface area contributed by atoms with Crippen LogP contribution >= 0.6 is 0 Å². The third-order valence-electron chi connectivity index (χ3n) is 6.10. The number of hydrogen-bond acceptors (Lipinski definition) is 4. The number of ether oxygens (including phenoxy) is 1. The molecule has 0 saturated heterocycles. The third kappa shape index (κ3) is 2.20. The number of fused-ring (bicyclic) bond motifs is 6. The zero-order valence-corrected chi connectivity index (χ0v) is 14.5. The predicted octanol–water partition coefficient (Wildman–Crippen LogP) is 3.95. The van der Waals surface area contributed by atoms with Gasteiger partial charge in [0, 0.05) is 22.8 Å². The summed E-state index contributed by atoms with van der Waals surface area (Å²) in [6.45, 7) is 10.1. The molecule has 0 spiro atoms. The van der Waals surface area contributed by atoms with Crippen molar-refractivity contribution in [3.63, 3.8) is 0 Å². The average Bonchev–Trinajstić information content (AvgIpc) is 2.86. The zero-order chi connectivity index (χ0) is 17.2. The molecule has 1 N–H and O–H groups in total. The minimum atomic E-state index is -0.727. The number of hydrogen-bond donors (Lipinski definition) is 1. The molecule has 1 fully saturated rings. The van der Waals surface area contributed by atoms with E-state index in [1.165, 1.54) is 0 Å². The molecule has 128 valence electrons. The van der Waals surface area contributed by atoms with Gasteiger partial charge in [0.2, 0.25) is 0 Å². The first-order chi connectivity index (χ1) is 11.3. The monoisotopic (exact) mass is 328 g/mol. The van der Waals surface area contributed by atoms with Crippen LogP contribution in [0.15, 0.2) is 34.3 Å². The molecule has 1 saturated carbocycles. The van der Waals surface area contributed by atoms with E-state index in [-0.39, 0.29) is 29.3 Å². The number of aryl methyl sites for hydroxylation is 1. The van der Waals surface area contributed by atoms with E-state index in [2.05, 4.69) is 13.5 Å². The Morgan fingerprint density at radius 2 is 2.21 bits per heavy atom. The highest BCUT2D eigenvalue weighted by Gasteiger charge is 2.60. The molecule has 1 aromatic rings. The van der Waals surface area contributed by atoms with Crippen LogP contribution in [0.25, 0.3) is 0 Å². The summed E-state index contributed by atoms with van der Waals surface area (Å²) in [6.07, 6.45) is 3.27.